The Kier molecular flexibility index (Phi) is 4.25. The van der Waals surface area contributed by atoms with E-state index in [1.54, 1.807) is 51.1 Å². The van der Waals surface area contributed by atoms with E-state index in [4.69, 9.17) is 4.74 Å². The van der Waals surface area contributed by atoms with Gasteiger partial charge >= 0.3 is 6.09 Å². The summed E-state index contributed by atoms with van der Waals surface area (Å²) < 4.78 is 27.6. The van der Waals surface area contributed by atoms with Crippen LogP contribution >= 0.6 is 0 Å². The SMILES string of the molecule is CC(C)(C)N(C(=O)Oc1ccccc1)S(=O)[O-]. The second kappa shape index (κ2) is 5.29. The summed E-state index contributed by atoms with van der Waals surface area (Å²) in [6, 6.07) is 8.31. The lowest BCUT2D eigenvalue weighted by atomic mass is 10.1. The molecule has 0 radical (unpaired) electrons. The van der Waals surface area contributed by atoms with E-state index in [9.17, 15) is 13.6 Å². The Morgan fingerprint density at radius 2 is 1.82 bits per heavy atom. The Hall–Kier alpha value is -1.40. The summed E-state index contributed by atoms with van der Waals surface area (Å²) in [4.78, 5) is 11.7. The minimum absolute atomic E-state index is 0.303. The Bertz CT molecular complexity index is 413. The summed E-state index contributed by atoms with van der Waals surface area (Å²) >= 11 is -2.67. The first-order chi connectivity index (χ1) is 7.82. The van der Waals surface area contributed by atoms with Gasteiger partial charge in [-0.1, -0.05) is 18.2 Å². The van der Waals surface area contributed by atoms with Crippen LogP contribution in [0.3, 0.4) is 0 Å². The number of nitrogens with zero attached hydrogens (tertiary/aromatic N) is 1. The van der Waals surface area contributed by atoms with Gasteiger partial charge in [0.2, 0.25) is 0 Å². The van der Waals surface area contributed by atoms with Crippen molar-refractivity contribution in [1.29, 1.82) is 0 Å². The fourth-order valence-electron chi connectivity index (χ4n) is 1.19. The molecule has 1 amide bonds. The molecule has 0 fully saturated rings. The monoisotopic (exact) mass is 256 g/mol. The highest BCUT2D eigenvalue weighted by atomic mass is 32.2. The van der Waals surface area contributed by atoms with E-state index in [1.807, 2.05) is 0 Å². The van der Waals surface area contributed by atoms with Gasteiger partial charge < -0.3 is 9.29 Å². The van der Waals surface area contributed by atoms with Gasteiger partial charge in [0.25, 0.3) is 0 Å². The molecular weight excluding hydrogens is 242 g/mol. The predicted molar refractivity (Wildman–Crippen MR) is 63.0 cm³/mol. The van der Waals surface area contributed by atoms with Crippen molar-refractivity contribution in [3.8, 4) is 5.75 Å². The minimum atomic E-state index is -2.67. The number of para-hydroxylation sites is 1. The molecule has 0 spiro atoms. The van der Waals surface area contributed by atoms with Crippen LogP contribution in [0.2, 0.25) is 0 Å². The molecule has 1 unspecified atom stereocenters. The van der Waals surface area contributed by atoms with Crippen LogP contribution < -0.4 is 4.74 Å². The van der Waals surface area contributed by atoms with E-state index >= 15 is 0 Å². The number of rotatable bonds is 2. The highest BCUT2D eigenvalue weighted by Crippen LogP contribution is 2.18. The Morgan fingerprint density at radius 3 is 2.24 bits per heavy atom. The summed E-state index contributed by atoms with van der Waals surface area (Å²) in [6.07, 6.45) is -0.919. The normalized spacial score (nSPS) is 12.9. The first kappa shape index (κ1) is 13.7. The van der Waals surface area contributed by atoms with Gasteiger partial charge in [-0.15, -0.1) is 0 Å². The molecule has 0 aliphatic carbocycles. The Balaban J connectivity index is 2.84. The number of carbonyl (C=O) groups is 1. The van der Waals surface area contributed by atoms with Crippen LogP contribution in [0.15, 0.2) is 30.3 Å². The molecule has 1 atom stereocenters. The molecular formula is C11H14NO4S-. The van der Waals surface area contributed by atoms with Crippen LogP contribution in [0.1, 0.15) is 20.8 Å². The lowest BCUT2D eigenvalue weighted by Crippen LogP contribution is -2.47. The van der Waals surface area contributed by atoms with Crippen molar-refractivity contribution < 1.29 is 18.3 Å². The van der Waals surface area contributed by atoms with Crippen molar-refractivity contribution in [2.75, 3.05) is 0 Å². The van der Waals surface area contributed by atoms with E-state index in [0.29, 0.717) is 10.1 Å². The maximum atomic E-state index is 11.7. The van der Waals surface area contributed by atoms with Crippen LogP contribution in [0.25, 0.3) is 0 Å². The zero-order valence-electron chi connectivity index (χ0n) is 9.88. The van der Waals surface area contributed by atoms with Gasteiger partial charge in [0, 0.05) is 0 Å². The van der Waals surface area contributed by atoms with Gasteiger partial charge in [-0.25, -0.2) is 9.10 Å². The molecule has 1 rings (SSSR count). The van der Waals surface area contributed by atoms with E-state index < -0.39 is 22.9 Å². The van der Waals surface area contributed by atoms with Gasteiger partial charge in [-0.2, -0.15) is 0 Å². The molecule has 6 heteroatoms. The minimum Gasteiger partial charge on any atom is -0.755 e. The quantitative estimate of drug-likeness (QED) is 0.760. The Labute approximate surface area is 103 Å². The van der Waals surface area contributed by atoms with Gasteiger partial charge in [0.05, 0.1) is 16.8 Å². The van der Waals surface area contributed by atoms with Crippen LogP contribution in [0.4, 0.5) is 4.79 Å². The standard InChI is InChI=1S/C11H15NO4S/c1-11(2,3)12(17(14)15)10(13)16-9-7-5-4-6-8-9/h4-8H,1-3H3,(H,14,15)/p-1. The molecule has 0 heterocycles. The van der Waals surface area contributed by atoms with Crippen LogP contribution in [-0.4, -0.2) is 24.7 Å². The second-order valence-electron chi connectivity index (χ2n) is 4.36. The highest BCUT2D eigenvalue weighted by Gasteiger charge is 2.29. The number of hydrogen-bond donors (Lipinski definition) is 0. The first-order valence-electron chi connectivity index (χ1n) is 4.99. The van der Waals surface area contributed by atoms with Crippen molar-refractivity contribution in [3.63, 3.8) is 0 Å². The van der Waals surface area contributed by atoms with Crippen LogP contribution in [-0.2, 0) is 11.3 Å². The fourth-order valence-corrected chi connectivity index (χ4v) is 1.80. The van der Waals surface area contributed by atoms with Crippen molar-refractivity contribution in [2.24, 2.45) is 0 Å². The van der Waals surface area contributed by atoms with E-state index in [1.165, 1.54) is 0 Å². The smallest absolute Gasteiger partial charge is 0.426 e. The van der Waals surface area contributed by atoms with Gasteiger partial charge in [0.15, 0.2) is 0 Å². The molecule has 0 bridgehead atoms. The number of benzene rings is 1. The zero-order valence-corrected chi connectivity index (χ0v) is 10.7. The first-order valence-corrected chi connectivity index (χ1v) is 6.02. The molecule has 0 aliphatic rings. The fraction of sp³-hybridized carbons (Fsp3) is 0.364. The van der Waals surface area contributed by atoms with Gasteiger partial charge in [0.1, 0.15) is 5.75 Å². The summed E-state index contributed by atoms with van der Waals surface area (Å²) in [5.74, 6) is 0.303. The molecule has 1 aromatic rings. The summed E-state index contributed by atoms with van der Waals surface area (Å²) in [7, 11) is 0. The topological polar surface area (TPSA) is 69.7 Å². The summed E-state index contributed by atoms with van der Waals surface area (Å²) in [6.45, 7) is 4.82. The average Bonchev–Trinajstić information content (AvgIpc) is 2.15. The maximum Gasteiger partial charge on any atom is 0.426 e. The van der Waals surface area contributed by atoms with E-state index in [0.717, 1.165) is 0 Å². The Morgan fingerprint density at radius 1 is 1.29 bits per heavy atom. The van der Waals surface area contributed by atoms with Crippen molar-refractivity contribution >= 4 is 17.4 Å². The molecule has 0 N–H and O–H groups in total. The lowest BCUT2D eigenvalue weighted by Gasteiger charge is -2.35. The third-order valence-electron chi connectivity index (χ3n) is 1.87. The number of hydrogen-bond acceptors (Lipinski definition) is 4. The van der Waals surface area contributed by atoms with Crippen molar-refractivity contribution in [3.05, 3.63) is 30.3 Å². The number of carbonyl (C=O) groups excluding carboxylic acids is 1. The maximum absolute atomic E-state index is 11.7. The molecule has 94 valence electrons. The van der Waals surface area contributed by atoms with E-state index in [2.05, 4.69) is 0 Å². The third kappa shape index (κ3) is 3.83. The zero-order chi connectivity index (χ0) is 13.1. The molecule has 1 aromatic carbocycles. The van der Waals surface area contributed by atoms with E-state index in [-0.39, 0.29) is 0 Å². The molecule has 0 saturated heterocycles. The van der Waals surface area contributed by atoms with Gasteiger partial charge in [-0.05, 0) is 32.9 Å². The summed E-state index contributed by atoms with van der Waals surface area (Å²) in [5, 5.41) is 0. The number of ether oxygens (including phenoxy) is 1. The van der Waals surface area contributed by atoms with Gasteiger partial charge in [-0.3, -0.25) is 4.21 Å². The molecule has 0 aromatic heterocycles. The molecule has 17 heavy (non-hydrogen) atoms. The molecule has 0 saturated carbocycles. The predicted octanol–water partition coefficient (Wildman–Crippen LogP) is 2.08. The largest absolute Gasteiger partial charge is 0.755 e. The highest BCUT2D eigenvalue weighted by molar-refractivity contribution is 7.77. The molecule has 5 nitrogen and oxygen atoms in total. The average molecular weight is 256 g/mol. The second-order valence-corrected chi connectivity index (χ2v) is 5.16. The lowest BCUT2D eigenvalue weighted by molar-refractivity contribution is 0.151. The number of amides is 1. The summed E-state index contributed by atoms with van der Waals surface area (Å²) in [5.41, 5.74) is -0.863. The van der Waals surface area contributed by atoms with Crippen LogP contribution in [0.5, 0.6) is 5.75 Å². The van der Waals surface area contributed by atoms with Crippen molar-refractivity contribution in [1.82, 2.24) is 4.31 Å². The third-order valence-corrected chi connectivity index (χ3v) is 2.87. The van der Waals surface area contributed by atoms with Crippen molar-refractivity contribution in [2.45, 2.75) is 26.3 Å². The molecule has 0 aliphatic heterocycles. The van der Waals surface area contributed by atoms with Crippen LogP contribution in [0, 0.1) is 0 Å².